The van der Waals surface area contributed by atoms with Crippen molar-refractivity contribution in [2.45, 2.75) is 18.2 Å². The van der Waals surface area contributed by atoms with Crippen LogP contribution < -0.4 is 5.73 Å². The van der Waals surface area contributed by atoms with E-state index >= 15 is 0 Å². The fourth-order valence-corrected chi connectivity index (χ4v) is 3.00. The molecule has 0 aromatic heterocycles. The zero-order valence-corrected chi connectivity index (χ0v) is 13.2. The van der Waals surface area contributed by atoms with Gasteiger partial charge >= 0.3 is 0 Å². The molecule has 0 radical (unpaired) electrons. The monoisotopic (exact) mass is 318 g/mol. The van der Waals surface area contributed by atoms with Crippen LogP contribution in [0.5, 0.6) is 0 Å². The molecule has 0 bridgehead atoms. The van der Waals surface area contributed by atoms with Crippen molar-refractivity contribution < 1.29 is 9.47 Å². The van der Waals surface area contributed by atoms with Gasteiger partial charge in [0.05, 0.1) is 22.3 Å². The molecule has 0 saturated carbocycles. The number of hydrogen-bond acceptors (Lipinski definition) is 4. The molecule has 1 aromatic rings. The Labute approximate surface area is 129 Å². The van der Waals surface area contributed by atoms with Crippen molar-refractivity contribution in [3.05, 3.63) is 33.8 Å². The lowest BCUT2D eigenvalue weighted by Gasteiger charge is -2.27. The molecule has 4 nitrogen and oxygen atoms in total. The smallest absolute Gasteiger partial charge is 0.0972 e. The fraction of sp³-hybridized carbons (Fsp3) is 0.571. The summed E-state index contributed by atoms with van der Waals surface area (Å²) in [4.78, 5) is 2.27. The van der Waals surface area contributed by atoms with Crippen LogP contribution in [0.1, 0.15) is 11.6 Å². The predicted octanol–water partition coefficient (Wildman–Crippen LogP) is 2.34. The van der Waals surface area contributed by atoms with Crippen molar-refractivity contribution in [2.24, 2.45) is 5.73 Å². The minimum absolute atomic E-state index is 0.0665. The van der Waals surface area contributed by atoms with E-state index in [2.05, 4.69) is 4.90 Å². The third kappa shape index (κ3) is 3.27. The second-order valence-corrected chi connectivity index (χ2v) is 5.74. The molecule has 1 saturated heterocycles. The number of hydrogen-bond donors (Lipinski definition) is 1. The highest BCUT2D eigenvalue weighted by molar-refractivity contribution is 6.42. The third-order valence-corrected chi connectivity index (χ3v) is 4.58. The van der Waals surface area contributed by atoms with Gasteiger partial charge in [-0.15, -0.1) is 0 Å². The lowest BCUT2D eigenvalue weighted by Crippen LogP contribution is -2.33. The van der Waals surface area contributed by atoms with Gasteiger partial charge in [0.25, 0.3) is 0 Å². The van der Waals surface area contributed by atoms with Crippen molar-refractivity contribution >= 4 is 23.2 Å². The molecule has 112 valence electrons. The zero-order valence-electron chi connectivity index (χ0n) is 11.7. The standard InChI is InChI=1S/C14H20Cl2N2O2/c1-19-13-7-18(8-14(13)20-2)12(6-17)9-3-4-10(15)11(16)5-9/h3-5,12-14H,6-8,17H2,1-2H3. The zero-order chi connectivity index (χ0) is 14.7. The maximum absolute atomic E-state index is 6.09. The van der Waals surface area contributed by atoms with Gasteiger partial charge in [-0.05, 0) is 17.7 Å². The first-order valence-corrected chi connectivity index (χ1v) is 7.31. The van der Waals surface area contributed by atoms with Crippen molar-refractivity contribution in [3.8, 4) is 0 Å². The van der Waals surface area contributed by atoms with Gasteiger partial charge in [-0.2, -0.15) is 0 Å². The molecule has 2 N–H and O–H groups in total. The second kappa shape index (κ2) is 7.07. The highest BCUT2D eigenvalue weighted by Crippen LogP contribution is 2.30. The lowest BCUT2D eigenvalue weighted by atomic mass is 10.1. The second-order valence-electron chi connectivity index (χ2n) is 4.93. The Bertz CT molecular complexity index is 447. The van der Waals surface area contributed by atoms with Gasteiger partial charge in [-0.25, -0.2) is 0 Å². The summed E-state index contributed by atoms with van der Waals surface area (Å²) in [5.74, 6) is 0. The van der Waals surface area contributed by atoms with E-state index in [4.69, 9.17) is 38.4 Å². The molecule has 3 atom stereocenters. The van der Waals surface area contributed by atoms with Crippen molar-refractivity contribution in [1.82, 2.24) is 4.90 Å². The Morgan fingerprint density at radius 3 is 2.25 bits per heavy atom. The van der Waals surface area contributed by atoms with Crippen molar-refractivity contribution in [2.75, 3.05) is 33.9 Å². The molecule has 6 heteroatoms. The summed E-state index contributed by atoms with van der Waals surface area (Å²) >= 11 is 12.1. The average Bonchev–Trinajstić information content (AvgIpc) is 2.86. The number of halogens is 2. The van der Waals surface area contributed by atoms with Crippen molar-refractivity contribution in [1.29, 1.82) is 0 Å². The largest absolute Gasteiger partial charge is 0.377 e. The summed E-state index contributed by atoms with van der Waals surface area (Å²) in [5, 5.41) is 1.10. The molecule has 0 spiro atoms. The van der Waals surface area contributed by atoms with Crippen LogP contribution in [0.2, 0.25) is 10.0 Å². The van der Waals surface area contributed by atoms with Crippen LogP contribution in [0.4, 0.5) is 0 Å². The Morgan fingerprint density at radius 2 is 1.80 bits per heavy atom. The van der Waals surface area contributed by atoms with Crippen LogP contribution in [0.15, 0.2) is 18.2 Å². The van der Waals surface area contributed by atoms with E-state index < -0.39 is 0 Å². The molecule has 3 unspecified atom stereocenters. The molecule has 2 rings (SSSR count). The number of ether oxygens (including phenoxy) is 2. The Hall–Kier alpha value is -0.360. The Morgan fingerprint density at radius 1 is 1.20 bits per heavy atom. The molecule has 20 heavy (non-hydrogen) atoms. The number of benzene rings is 1. The normalized spacial score (nSPS) is 25.1. The summed E-state index contributed by atoms with van der Waals surface area (Å²) in [6, 6.07) is 5.74. The van der Waals surface area contributed by atoms with Crippen LogP contribution in [0, 0.1) is 0 Å². The van der Waals surface area contributed by atoms with Gasteiger partial charge in [0.1, 0.15) is 0 Å². The molecule has 0 aliphatic carbocycles. The van der Waals surface area contributed by atoms with E-state index in [9.17, 15) is 0 Å². The molecule has 1 aliphatic rings. The average molecular weight is 319 g/mol. The predicted molar refractivity (Wildman–Crippen MR) is 81.4 cm³/mol. The van der Waals surface area contributed by atoms with E-state index in [0.717, 1.165) is 18.7 Å². The minimum Gasteiger partial charge on any atom is -0.377 e. The first kappa shape index (κ1) is 16.0. The maximum atomic E-state index is 6.09. The highest BCUT2D eigenvalue weighted by atomic mass is 35.5. The first-order valence-electron chi connectivity index (χ1n) is 6.55. The molecule has 0 amide bonds. The summed E-state index contributed by atoms with van der Waals surface area (Å²) in [5.41, 5.74) is 7.01. The summed E-state index contributed by atoms with van der Waals surface area (Å²) in [7, 11) is 3.41. The number of nitrogens with zero attached hydrogens (tertiary/aromatic N) is 1. The van der Waals surface area contributed by atoms with E-state index in [1.165, 1.54) is 0 Å². The molecule has 1 fully saturated rings. The number of methoxy groups -OCH3 is 2. The quantitative estimate of drug-likeness (QED) is 0.905. The summed E-state index contributed by atoms with van der Waals surface area (Å²) in [6.07, 6.45) is 0.133. The summed E-state index contributed by atoms with van der Waals surface area (Å²) < 4.78 is 10.9. The molecular weight excluding hydrogens is 299 g/mol. The molecule has 1 aromatic carbocycles. The van der Waals surface area contributed by atoms with E-state index in [1.807, 2.05) is 12.1 Å². The topological polar surface area (TPSA) is 47.7 Å². The fourth-order valence-electron chi connectivity index (χ4n) is 2.69. The number of rotatable bonds is 5. The minimum atomic E-state index is 0.0665. The van der Waals surface area contributed by atoms with Gasteiger partial charge in [-0.1, -0.05) is 29.3 Å². The van der Waals surface area contributed by atoms with Crippen LogP contribution in [0.3, 0.4) is 0 Å². The molecule has 1 heterocycles. The number of likely N-dealkylation sites (tertiary alicyclic amines) is 1. The van der Waals surface area contributed by atoms with Gasteiger partial charge in [-0.3, -0.25) is 4.90 Å². The van der Waals surface area contributed by atoms with Gasteiger partial charge < -0.3 is 15.2 Å². The van der Waals surface area contributed by atoms with Crippen LogP contribution >= 0.6 is 23.2 Å². The van der Waals surface area contributed by atoms with E-state index in [-0.39, 0.29) is 18.2 Å². The van der Waals surface area contributed by atoms with E-state index in [0.29, 0.717) is 16.6 Å². The van der Waals surface area contributed by atoms with Crippen LogP contribution in [-0.4, -0.2) is 51.0 Å². The van der Waals surface area contributed by atoms with Crippen molar-refractivity contribution in [3.63, 3.8) is 0 Å². The van der Waals surface area contributed by atoms with Gasteiger partial charge in [0.2, 0.25) is 0 Å². The van der Waals surface area contributed by atoms with E-state index in [1.54, 1.807) is 20.3 Å². The van der Waals surface area contributed by atoms with Gasteiger partial charge in [0.15, 0.2) is 0 Å². The first-order chi connectivity index (χ1) is 9.60. The Balaban J connectivity index is 2.18. The molecule has 1 aliphatic heterocycles. The molecular formula is C14H20Cl2N2O2. The lowest BCUT2D eigenvalue weighted by molar-refractivity contribution is -0.00461. The highest BCUT2D eigenvalue weighted by Gasteiger charge is 2.36. The maximum Gasteiger partial charge on any atom is 0.0972 e. The number of nitrogens with two attached hydrogens (primary N) is 1. The third-order valence-electron chi connectivity index (χ3n) is 3.84. The van der Waals surface area contributed by atoms with Gasteiger partial charge in [0, 0.05) is 39.9 Å². The Kier molecular flexibility index (Phi) is 5.66. The SMILES string of the molecule is COC1CN(C(CN)c2ccc(Cl)c(Cl)c2)CC1OC. The summed E-state index contributed by atoms with van der Waals surface area (Å²) in [6.45, 7) is 2.08. The van der Waals surface area contributed by atoms with Crippen LogP contribution in [0.25, 0.3) is 0 Å². The van der Waals surface area contributed by atoms with Crippen LogP contribution in [-0.2, 0) is 9.47 Å².